The van der Waals surface area contributed by atoms with Crippen molar-refractivity contribution in [3.8, 4) is 0 Å². The van der Waals surface area contributed by atoms with Gasteiger partial charge in [0.25, 0.3) is 5.91 Å². The number of carbonyl (C=O) groups excluding carboxylic acids is 1. The summed E-state index contributed by atoms with van der Waals surface area (Å²) in [6.07, 6.45) is 3.05. The molecule has 2 rings (SSSR count). The Kier molecular flexibility index (Phi) is 6.61. The highest BCUT2D eigenvalue weighted by Crippen LogP contribution is 2.17. The van der Waals surface area contributed by atoms with Crippen molar-refractivity contribution in [3.63, 3.8) is 0 Å². The Morgan fingerprint density at radius 3 is 2.46 bits per heavy atom. The lowest BCUT2D eigenvalue weighted by Crippen LogP contribution is -2.43. The van der Waals surface area contributed by atoms with Crippen molar-refractivity contribution in [3.05, 3.63) is 69.7 Å². The van der Waals surface area contributed by atoms with Gasteiger partial charge in [-0.05, 0) is 66.7 Å². The SMILES string of the molecule is Cc1ccc(/C=C/C(=O)NNC(=S)Nc2ccc(Cl)cc2)cc1Cl. The summed E-state index contributed by atoms with van der Waals surface area (Å²) in [5.74, 6) is -0.341. The molecule has 0 aromatic heterocycles. The Labute approximate surface area is 155 Å². The molecule has 0 bridgehead atoms. The molecule has 0 saturated carbocycles. The topological polar surface area (TPSA) is 53.2 Å². The largest absolute Gasteiger partial charge is 0.331 e. The fourth-order valence-corrected chi connectivity index (χ4v) is 2.22. The maximum atomic E-state index is 11.8. The molecule has 2 aromatic rings. The highest BCUT2D eigenvalue weighted by atomic mass is 35.5. The molecule has 0 fully saturated rings. The zero-order valence-electron chi connectivity index (χ0n) is 12.8. The lowest BCUT2D eigenvalue weighted by atomic mass is 10.1. The van der Waals surface area contributed by atoms with E-state index in [0.717, 1.165) is 16.8 Å². The number of hydrogen-bond donors (Lipinski definition) is 3. The van der Waals surface area contributed by atoms with Crippen LogP contribution in [0.25, 0.3) is 6.08 Å². The van der Waals surface area contributed by atoms with Gasteiger partial charge in [-0.2, -0.15) is 0 Å². The number of halogens is 2. The molecule has 0 saturated heterocycles. The van der Waals surface area contributed by atoms with Crippen LogP contribution >= 0.6 is 35.4 Å². The highest BCUT2D eigenvalue weighted by molar-refractivity contribution is 7.80. The van der Waals surface area contributed by atoms with Gasteiger partial charge >= 0.3 is 0 Å². The van der Waals surface area contributed by atoms with Crippen LogP contribution in [0.1, 0.15) is 11.1 Å². The van der Waals surface area contributed by atoms with Crippen molar-refractivity contribution < 1.29 is 4.79 Å². The Hall–Kier alpha value is -2.08. The number of benzene rings is 2. The molecule has 2 aromatic carbocycles. The predicted molar refractivity (Wildman–Crippen MR) is 104 cm³/mol. The van der Waals surface area contributed by atoms with Crippen LogP contribution < -0.4 is 16.2 Å². The summed E-state index contributed by atoms with van der Waals surface area (Å²) in [6, 6.07) is 12.6. The fourth-order valence-electron chi connectivity index (χ4n) is 1.74. The Bertz CT molecular complexity index is 776. The molecule has 0 aliphatic heterocycles. The number of hydrogen-bond acceptors (Lipinski definition) is 2. The van der Waals surface area contributed by atoms with Gasteiger partial charge in [-0.1, -0.05) is 35.3 Å². The molecule has 0 aliphatic rings. The minimum atomic E-state index is -0.341. The number of anilines is 1. The minimum absolute atomic E-state index is 0.262. The van der Waals surface area contributed by atoms with E-state index in [1.807, 2.05) is 19.1 Å². The number of thiocarbonyl (C=S) groups is 1. The molecule has 0 aliphatic carbocycles. The third kappa shape index (κ3) is 5.85. The summed E-state index contributed by atoms with van der Waals surface area (Å²) >= 11 is 16.9. The van der Waals surface area contributed by atoms with E-state index in [2.05, 4.69) is 16.2 Å². The lowest BCUT2D eigenvalue weighted by Gasteiger charge is -2.10. The Morgan fingerprint density at radius 2 is 1.79 bits per heavy atom. The van der Waals surface area contributed by atoms with Gasteiger partial charge in [0.2, 0.25) is 0 Å². The zero-order valence-corrected chi connectivity index (χ0v) is 15.1. The van der Waals surface area contributed by atoms with Crippen LogP contribution in [0.5, 0.6) is 0 Å². The average Bonchev–Trinajstić information content (AvgIpc) is 2.56. The Morgan fingerprint density at radius 1 is 1.08 bits per heavy atom. The average molecular weight is 380 g/mol. The molecule has 0 atom stereocenters. The number of aryl methyl sites for hydroxylation is 1. The van der Waals surface area contributed by atoms with Crippen molar-refractivity contribution in [2.24, 2.45) is 0 Å². The summed E-state index contributed by atoms with van der Waals surface area (Å²) in [5.41, 5.74) is 7.67. The maximum absolute atomic E-state index is 11.8. The van der Waals surface area contributed by atoms with Gasteiger partial charge in [0, 0.05) is 21.8 Å². The number of carbonyl (C=O) groups is 1. The molecule has 0 unspecified atom stereocenters. The van der Waals surface area contributed by atoms with Crippen LogP contribution in [0.15, 0.2) is 48.5 Å². The summed E-state index contributed by atoms with van der Waals surface area (Å²) in [6.45, 7) is 1.92. The van der Waals surface area contributed by atoms with Crippen molar-refractivity contribution in [2.75, 3.05) is 5.32 Å². The van der Waals surface area contributed by atoms with E-state index < -0.39 is 0 Å². The molecule has 24 heavy (non-hydrogen) atoms. The third-order valence-corrected chi connectivity index (χ3v) is 3.89. The predicted octanol–water partition coefficient (Wildman–Crippen LogP) is 4.33. The van der Waals surface area contributed by atoms with Gasteiger partial charge in [-0.3, -0.25) is 15.6 Å². The first-order chi connectivity index (χ1) is 11.4. The van der Waals surface area contributed by atoms with Gasteiger partial charge in [0.05, 0.1) is 0 Å². The number of hydrazine groups is 1. The third-order valence-electron chi connectivity index (χ3n) is 3.02. The second kappa shape index (κ2) is 8.68. The normalized spacial score (nSPS) is 10.5. The fraction of sp³-hybridized carbons (Fsp3) is 0.0588. The smallest absolute Gasteiger partial charge is 0.262 e. The van der Waals surface area contributed by atoms with Gasteiger partial charge in [-0.25, -0.2) is 0 Å². The zero-order chi connectivity index (χ0) is 17.5. The molecular formula is C17H15Cl2N3OS. The van der Waals surface area contributed by atoms with E-state index in [9.17, 15) is 4.79 Å². The lowest BCUT2D eigenvalue weighted by molar-refractivity contribution is -0.116. The summed E-state index contributed by atoms with van der Waals surface area (Å²) < 4.78 is 0. The first kappa shape index (κ1) is 18.3. The molecule has 4 nitrogen and oxygen atoms in total. The van der Waals surface area contributed by atoms with Crippen LogP contribution in [-0.4, -0.2) is 11.0 Å². The minimum Gasteiger partial charge on any atom is -0.331 e. The van der Waals surface area contributed by atoms with E-state index in [4.69, 9.17) is 35.4 Å². The van der Waals surface area contributed by atoms with Crippen LogP contribution in [0.4, 0.5) is 5.69 Å². The van der Waals surface area contributed by atoms with Gasteiger partial charge in [-0.15, -0.1) is 0 Å². The number of nitrogens with one attached hydrogen (secondary N) is 3. The monoisotopic (exact) mass is 379 g/mol. The first-order valence-corrected chi connectivity index (χ1v) is 8.17. The van der Waals surface area contributed by atoms with Crippen LogP contribution in [0, 0.1) is 6.92 Å². The molecule has 1 amide bonds. The van der Waals surface area contributed by atoms with E-state index in [1.54, 1.807) is 36.4 Å². The molecule has 124 valence electrons. The van der Waals surface area contributed by atoms with Crippen molar-refractivity contribution in [1.29, 1.82) is 0 Å². The van der Waals surface area contributed by atoms with Crippen LogP contribution in [0.3, 0.4) is 0 Å². The summed E-state index contributed by atoms with van der Waals surface area (Å²) in [7, 11) is 0. The highest BCUT2D eigenvalue weighted by Gasteiger charge is 2.00. The second-order valence-electron chi connectivity index (χ2n) is 4.92. The molecule has 0 heterocycles. The standard InChI is InChI=1S/C17H15Cl2N3OS/c1-11-2-3-12(10-15(11)19)4-9-16(23)21-22-17(24)20-14-7-5-13(18)6-8-14/h2-10H,1H3,(H,21,23)(H2,20,22,24)/b9-4+. The van der Waals surface area contributed by atoms with E-state index in [-0.39, 0.29) is 11.0 Å². The van der Waals surface area contributed by atoms with Crippen molar-refractivity contribution in [2.45, 2.75) is 6.92 Å². The molecule has 0 radical (unpaired) electrons. The van der Waals surface area contributed by atoms with Gasteiger partial charge in [0.15, 0.2) is 5.11 Å². The quantitative estimate of drug-likeness (QED) is 0.422. The number of rotatable bonds is 3. The van der Waals surface area contributed by atoms with E-state index in [0.29, 0.717) is 10.0 Å². The summed E-state index contributed by atoms with van der Waals surface area (Å²) in [5, 5.41) is 4.47. The molecule has 0 spiro atoms. The first-order valence-electron chi connectivity index (χ1n) is 7.01. The van der Waals surface area contributed by atoms with Crippen LogP contribution in [0.2, 0.25) is 10.0 Å². The Balaban J connectivity index is 1.81. The molecular weight excluding hydrogens is 365 g/mol. The maximum Gasteiger partial charge on any atom is 0.262 e. The second-order valence-corrected chi connectivity index (χ2v) is 6.17. The molecule has 3 N–H and O–H groups in total. The van der Waals surface area contributed by atoms with Gasteiger partial charge < -0.3 is 5.32 Å². The van der Waals surface area contributed by atoms with Crippen molar-refractivity contribution >= 4 is 58.2 Å². The van der Waals surface area contributed by atoms with Crippen molar-refractivity contribution in [1.82, 2.24) is 10.9 Å². The number of amides is 1. The van der Waals surface area contributed by atoms with E-state index in [1.165, 1.54) is 6.08 Å². The van der Waals surface area contributed by atoms with Crippen LogP contribution in [-0.2, 0) is 4.79 Å². The van der Waals surface area contributed by atoms with E-state index >= 15 is 0 Å². The van der Waals surface area contributed by atoms with Gasteiger partial charge in [0.1, 0.15) is 0 Å². The summed E-state index contributed by atoms with van der Waals surface area (Å²) in [4.78, 5) is 11.8. The molecule has 7 heteroatoms.